The van der Waals surface area contributed by atoms with E-state index < -0.39 is 6.10 Å². The van der Waals surface area contributed by atoms with E-state index >= 15 is 0 Å². The van der Waals surface area contributed by atoms with Crippen molar-refractivity contribution in [2.45, 2.75) is 50.7 Å². The van der Waals surface area contributed by atoms with Crippen LogP contribution in [0.1, 0.15) is 60.8 Å². The molecule has 1 aliphatic carbocycles. The molecule has 1 unspecified atom stereocenters. The number of nitrogens with two attached hydrogens (primary N) is 1. The van der Waals surface area contributed by atoms with Crippen LogP contribution in [0.3, 0.4) is 0 Å². The molecule has 1 atom stereocenters. The Labute approximate surface area is 160 Å². The lowest BCUT2D eigenvalue weighted by molar-refractivity contribution is 0.107. The first-order valence-corrected chi connectivity index (χ1v) is 9.60. The maximum Gasteiger partial charge on any atom is 0.184 e. The SMILES string of the molecule is COc1cc(CO)cc(N)c1OCC(O)c1ccc(C2CCCCC2)cc1. The molecule has 4 N–H and O–H groups in total. The second kappa shape index (κ2) is 9.11. The van der Waals surface area contributed by atoms with E-state index in [2.05, 4.69) is 12.1 Å². The zero-order valence-corrected chi connectivity index (χ0v) is 15.9. The van der Waals surface area contributed by atoms with E-state index in [1.807, 2.05) is 12.1 Å². The van der Waals surface area contributed by atoms with Gasteiger partial charge in [-0.25, -0.2) is 0 Å². The van der Waals surface area contributed by atoms with Crippen molar-refractivity contribution in [2.24, 2.45) is 0 Å². The number of hydrogen-bond donors (Lipinski definition) is 3. The molecular formula is C22H29NO4. The van der Waals surface area contributed by atoms with Gasteiger partial charge in [-0.2, -0.15) is 0 Å². The number of hydrogen-bond acceptors (Lipinski definition) is 5. The highest BCUT2D eigenvalue weighted by Gasteiger charge is 2.17. The van der Waals surface area contributed by atoms with Crippen LogP contribution in [0.25, 0.3) is 0 Å². The Kier molecular flexibility index (Phi) is 6.58. The standard InChI is InChI=1S/C22H29NO4/c1-26-21-12-15(13-24)11-19(23)22(21)27-14-20(25)18-9-7-17(8-10-18)16-5-3-2-4-6-16/h7-12,16,20,24-25H,2-6,13-14,23H2,1H3. The van der Waals surface area contributed by atoms with E-state index in [1.54, 1.807) is 12.1 Å². The van der Waals surface area contributed by atoms with E-state index in [1.165, 1.54) is 44.8 Å². The largest absolute Gasteiger partial charge is 0.493 e. The number of aliphatic hydroxyl groups excluding tert-OH is 2. The second-order valence-corrected chi connectivity index (χ2v) is 7.20. The van der Waals surface area contributed by atoms with Crippen LogP contribution >= 0.6 is 0 Å². The van der Waals surface area contributed by atoms with Gasteiger partial charge in [-0.3, -0.25) is 0 Å². The van der Waals surface area contributed by atoms with Crippen molar-refractivity contribution in [3.8, 4) is 11.5 Å². The molecule has 5 nitrogen and oxygen atoms in total. The van der Waals surface area contributed by atoms with Crippen LogP contribution in [0.5, 0.6) is 11.5 Å². The van der Waals surface area contributed by atoms with Crippen LogP contribution in [-0.4, -0.2) is 23.9 Å². The number of nitrogen functional groups attached to an aromatic ring is 1. The quantitative estimate of drug-likeness (QED) is 0.642. The summed E-state index contributed by atoms with van der Waals surface area (Å²) in [4.78, 5) is 0. The van der Waals surface area contributed by atoms with Crippen molar-refractivity contribution < 1.29 is 19.7 Å². The fraction of sp³-hybridized carbons (Fsp3) is 0.455. The number of methoxy groups -OCH3 is 1. The van der Waals surface area contributed by atoms with E-state index in [-0.39, 0.29) is 13.2 Å². The molecule has 2 aromatic carbocycles. The molecule has 0 spiro atoms. The number of rotatable bonds is 7. The van der Waals surface area contributed by atoms with Crippen LogP contribution in [0, 0.1) is 0 Å². The molecule has 1 fully saturated rings. The predicted octanol–water partition coefficient (Wildman–Crippen LogP) is 3.93. The molecule has 2 aromatic rings. The van der Waals surface area contributed by atoms with Crippen molar-refractivity contribution in [1.29, 1.82) is 0 Å². The molecule has 5 heteroatoms. The van der Waals surface area contributed by atoms with Crippen LogP contribution in [0.2, 0.25) is 0 Å². The predicted molar refractivity (Wildman–Crippen MR) is 106 cm³/mol. The van der Waals surface area contributed by atoms with Crippen molar-refractivity contribution in [3.63, 3.8) is 0 Å². The van der Waals surface area contributed by atoms with Crippen molar-refractivity contribution in [3.05, 3.63) is 53.1 Å². The minimum absolute atomic E-state index is 0.0712. The fourth-order valence-corrected chi connectivity index (χ4v) is 3.77. The van der Waals surface area contributed by atoms with Gasteiger partial charge in [0.05, 0.1) is 19.4 Å². The summed E-state index contributed by atoms with van der Waals surface area (Å²) in [5, 5.41) is 19.8. The summed E-state index contributed by atoms with van der Waals surface area (Å²) in [6, 6.07) is 11.5. The molecule has 3 rings (SSSR count). The monoisotopic (exact) mass is 371 g/mol. The maximum absolute atomic E-state index is 10.5. The summed E-state index contributed by atoms with van der Waals surface area (Å²) in [5.41, 5.74) is 9.20. The minimum atomic E-state index is -0.757. The Bertz CT molecular complexity index is 739. The second-order valence-electron chi connectivity index (χ2n) is 7.20. The average molecular weight is 371 g/mol. The first-order chi connectivity index (χ1) is 13.1. The Morgan fingerprint density at radius 2 is 1.81 bits per heavy atom. The van der Waals surface area contributed by atoms with Crippen molar-refractivity contribution in [2.75, 3.05) is 19.5 Å². The summed E-state index contributed by atoms with van der Waals surface area (Å²) >= 11 is 0. The first-order valence-electron chi connectivity index (χ1n) is 9.60. The van der Waals surface area contributed by atoms with Gasteiger partial charge in [-0.1, -0.05) is 43.5 Å². The lowest BCUT2D eigenvalue weighted by Gasteiger charge is -2.22. The molecule has 0 heterocycles. The van der Waals surface area contributed by atoms with Gasteiger partial charge < -0.3 is 25.4 Å². The highest BCUT2D eigenvalue weighted by atomic mass is 16.5. The summed E-state index contributed by atoms with van der Waals surface area (Å²) < 4.78 is 11.0. The van der Waals surface area contributed by atoms with Crippen LogP contribution in [0.4, 0.5) is 5.69 Å². The molecule has 0 radical (unpaired) electrons. The zero-order valence-electron chi connectivity index (χ0n) is 15.9. The highest BCUT2D eigenvalue weighted by molar-refractivity contribution is 5.62. The number of benzene rings is 2. The summed E-state index contributed by atoms with van der Waals surface area (Å²) in [7, 11) is 1.52. The molecular weight excluding hydrogens is 342 g/mol. The molecule has 1 aliphatic rings. The molecule has 1 saturated carbocycles. The smallest absolute Gasteiger partial charge is 0.184 e. The number of ether oxygens (including phenoxy) is 2. The fourth-order valence-electron chi connectivity index (χ4n) is 3.77. The third-order valence-electron chi connectivity index (χ3n) is 5.33. The molecule has 0 bridgehead atoms. The summed E-state index contributed by atoms with van der Waals surface area (Å²) in [6.07, 6.45) is 5.72. The zero-order chi connectivity index (χ0) is 19.2. The van der Waals surface area contributed by atoms with Crippen molar-refractivity contribution in [1.82, 2.24) is 0 Å². The number of aliphatic hydroxyl groups is 2. The van der Waals surface area contributed by atoms with Gasteiger partial charge in [-0.15, -0.1) is 0 Å². The summed E-state index contributed by atoms with van der Waals surface area (Å²) in [6.45, 7) is -0.0569. The molecule has 27 heavy (non-hydrogen) atoms. The Hall–Kier alpha value is -2.24. The van der Waals surface area contributed by atoms with E-state index in [0.717, 1.165) is 5.56 Å². The normalized spacial score (nSPS) is 16.1. The lowest BCUT2D eigenvalue weighted by Crippen LogP contribution is -2.12. The van der Waals surface area contributed by atoms with Crippen molar-refractivity contribution >= 4 is 5.69 Å². The Morgan fingerprint density at radius 1 is 1.11 bits per heavy atom. The average Bonchev–Trinajstić information content (AvgIpc) is 2.72. The molecule has 0 saturated heterocycles. The van der Waals surface area contributed by atoms with Gasteiger partial charge in [0.15, 0.2) is 11.5 Å². The Morgan fingerprint density at radius 3 is 2.44 bits per heavy atom. The maximum atomic E-state index is 10.5. The number of anilines is 1. The van der Waals surface area contributed by atoms with Gasteiger partial charge >= 0.3 is 0 Å². The topological polar surface area (TPSA) is 84.9 Å². The highest BCUT2D eigenvalue weighted by Crippen LogP contribution is 2.36. The first kappa shape index (κ1) is 19.5. The van der Waals surface area contributed by atoms with E-state index in [4.69, 9.17) is 15.2 Å². The van der Waals surface area contributed by atoms with Crippen LogP contribution in [-0.2, 0) is 6.61 Å². The third kappa shape index (κ3) is 4.73. The Balaban J connectivity index is 1.64. The van der Waals surface area contributed by atoms with Crippen LogP contribution < -0.4 is 15.2 Å². The molecule has 146 valence electrons. The van der Waals surface area contributed by atoms with E-state index in [9.17, 15) is 10.2 Å². The van der Waals surface area contributed by atoms with Gasteiger partial charge in [0.2, 0.25) is 0 Å². The molecule has 0 amide bonds. The van der Waals surface area contributed by atoms with Crippen LogP contribution in [0.15, 0.2) is 36.4 Å². The lowest BCUT2D eigenvalue weighted by atomic mass is 9.84. The van der Waals surface area contributed by atoms with E-state index in [0.29, 0.717) is 28.7 Å². The van der Waals surface area contributed by atoms with Gasteiger partial charge in [0, 0.05) is 0 Å². The van der Waals surface area contributed by atoms with Gasteiger partial charge in [-0.05, 0) is 47.6 Å². The third-order valence-corrected chi connectivity index (χ3v) is 5.33. The molecule has 0 aromatic heterocycles. The van der Waals surface area contributed by atoms with Gasteiger partial charge in [0.1, 0.15) is 12.7 Å². The summed E-state index contributed by atoms with van der Waals surface area (Å²) in [5.74, 6) is 1.47. The minimum Gasteiger partial charge on any atom is -0.493 e. The molecule has 0 aliphatic heterocycles. The van der Waals surface area contributed by atoms with Gasteiger partial charge in [0.25, 0.3) is 0 Å².